The van der Waals surface area contributed by atoms with Crippen molar-refractivity contribution in [2.45, 2.75) is 32.1 Å². The fourth-order valence-electron chi connectivity index (χ4n) is 1.54. The first-order chi connectivity index (χ1) is 9.42. The number of benzene rings is 1. The smallest absolute Gasteiger partial charge is 0.254 e. The molecule has 0 fully saturated rings. The van der Waals surface area contributed by atoms with Crippen LogP contribution in [0.4, 0.5) is 8.78 Å². The molecule has 0 aliphatic rings. The summed E-state index contributed by atoms with van der Waals surface area (Å²) in [5.74, 6) is -3.74. The molecule has 1 rings (SSSR count). The molecule has 8 heteroatoms. The van der Waals surface area contributed by atoms with Crippen LogP contribution in [0.3, 0.4) is 0 Å². The number of halogens is 2. The Bertz CT molecular complexity index is 652. The highest BCUT2D eigenvalue weighted by Gasteiger charge is 2.21. The number of sulfonamides is 1. The summed E-state index contributed by atoms with van der Waals surface area (Å²) >= 11 is 0. The van der Waals surface area contributed by atoms with E-state index < -0.39 is 38.0 Å². The Morgan fingerprint density at radius 1 is 1.29 bits per heavy atom. The summed E-state index contributed by atoms with van der Waals surface area (Å²) in [6.45, 7) is 6.13. The van der Waals surface area contributed by atoms with E-state index in [4.69, 9.17) is 5.14 Å². The van der Waals surface area contributed by atoms with Gasteiger partial charge >= 0.3 is 0 Å². The summed E-state index contributed by atoms with van der Waals surface area (Å²) in [7, 11) is -4.23. The number of carbonyl (C=O) groups excluding carboxylic acids is 1. The van der Waals surface area contributed by atoms with Gasteiger partial charge in [-0.2, -0.15) is 0 Å². The molecule has 0 bridgehead atoms. The first-order valence-electron chi connectivity index (χ1n) is 6.22. The van der Waals surface area contributed by atoms with E-state index in [1.54, 1.807) is 0 Å². The molecule has 118 valence electrons. The predicted molar refractivity (Wildman–Crippen MR) is 74.1 cm³/mol. The number of nitrogens with one attached hydrogen (secondary N) is 1. The van der Waals surface area contributed by atoms with Crippen LogP contribution < -0.4 is 10.5 Å². The van der Waals surface area contributed by atoms with Crippen LogP contribution in [0.1, 0.15) is 37.6 Å². The summed E-state index contributed by atoms with van der Waals surface area (Å²) < 4.78 is 49.3. The lowest BCUT2D eigenvalue weighted by Gasteiger charge is -2.18. The minimum absolute atomic E-state index is 0.0421. The number of rotatable bonds is 4. The molecule has 0 aliphatic heterocycles. The van der Waals surface area contributed by atoms with Crippen LogP contribution in [0.5, 0.6) is 0 Å². The number of hydrogen-bond acceptors (Lipinski definition) is 3. The van der Waals surface area contributed by atoms with Gasteiger partial charge in [-0.05, 0) is 24.0 Å². The van der Waals surface area contributed by atoms with Gasteiger partial charge in [-0.25, -0.2) is 22.3 Å². The summed E-state index contributed by atoms with van der Waals surface area (Å²) in [4.78, 5) is 11.2. The van der Waals surface area contributed by atoms with E-state index in [-0.39, 0.29) is 12.0 Å². The number of nitrogens with two attached hydrogens (primary N) is 1. The molecular formula is C13H18F2N2O3S. The van der Waals surface area contributed by atoms with E-state index in [0.29, 0.717) is 12.5 Å². The zero-order valence-electron chi connectivity index (χ0n) is 12.0. The lowest BCUT2D eigenvalue weighted by molar-refractivity contribution is 0.0944. The quantitative estimate of drug-likeness (QED) is 0.886. The molecule has 0 atom stereocenters. The fourth-order valence-corrected chi connectivity index (χ4v) is 2.09. The molecule has 0 aliphatic carbocycles. The van der Waals surface area contributed by atoms with Crippen molar-refractivity contribution in [1.82, 2.24) is 5.32 Å². The topological polar surface area (TPSA) is 89.3 Å². The van der Waals surface area contributed by atoms with Crippen LogP contribution >= 0.6 is 0 Å². The van der Waals surface area contributed by atoms with Crippen molar-refractivity contribution in [3.05, 3.63) is 29.3 Å². The lowest BCUT2D eigenvalue weighted by Crippen LogP contribution is -2.28. The summed E-state index contributed by atoms with van der Waals surface area (Å²) in [5.41, 5.74) is -0.729. The largest absolute Gasteiger partial charge is 0.352 e. The number of amides is 1. The average Bonchev–Trinajstić information content (AvgIpc) is 2.29. The Kier molecular flexibility index (Phi) is 5.06. The van der Waals surface area contributed by atoms with E-state index in [1.807, 2.05) is 20.8 Å². The zero-order chi connectivity index (χ0) is 16.4. The monoisotopic (exact) mass is 320 g/mol. The zero-order valence-corrected chi connectivity index (χ0v) is 12.9. The molecule has 0 spiro atoms. The third-order valence-corrected chi connectivity index (χ3v) is 3.63. The van der Waals surface area contributed by atoms with Crippen molar-refractivity contribution in [2.75, 3.05) is 6.54 Å². The molecule has 0 aromatic heterocycles. The fraction of sp³-hybridized carbons (Fsp3) is 0.462. The van der Waals surface area contributed by atoms with Crippen molar-refractivity contribution in [2.24, 2.45) is 10.6 Å². The van der Waals surface area contributed by atoms with Gasteiger partial charge in [0.15, 0.2) is 11.6 Å². The van der Waals surface area contributed by atoms with E-state index in [0.717, 1.165) is 6.07 Å². The Balaban J connectivity index is 3.02. The minimum Gasteiger partial charge on any atom is -0.352 e. The third kappa shape index (κ3) is 5.05. The molecule has 0 saturated heterocycles. The van der Waals surface area contributed by atoms with Crippen molar-refractivity contribution in [3.63, 3.8) is 0 Å². The maximum Gasteiger partial charge on any atom is 0.254 e. The average molecular weight is 320 g/mol. The first-order valence-corrected chi connectivity index (χ1v) is 7.76. The molecule has 5 nitrogen and oxygen atoms in total. The van der Waals surface area contributed by atoms with Crippen LogP contribution in [0.2, 0.25) is 0 Å². The van der Waals surface area contributed by atoms with E-state index in [2.05, 4.69) is 5.32 Å². The van der Waals surface area contributed by atoms with Crippen LogP contribution in [0.25, 0.3) is 0 Å². The Morgan fingerprint density at radius 3 is 2.33 bits per heavy atom. The van der Waals surface area contributed by atoms with Crippen molar-refractivity contribution in [1.29, 1.82) is 0 Å². The summed E-state index contributed by atoms with van der Waals surface area (Å²) in [6.07, 6.45) is 0.623. The first kappa shape index (κ1) is 17.5. The van der Waals surface area contributed by atoms with Gasteiger partial charge in [0.25, 0.3) is 5.91 Å². The normalized spacial score (nSPS) is 12.3. The van der Waals surface area contributed by atoms with Gasteiger partial charge in [-0.3, -0.25) is 4.79 Å². The van der Waals surface area contributed by atoms with Crippen LogP contribution in [-0.2, 0) is 10.0 Å². The highest BCUT2D eigenvalue weighted by Crippen LogP contribution is 2.19. The Labute approximate surface area is 122 Å². The molecule has 0 saturated carbocycles. The molecule has 0 radical (unpaired) electrons. The second kappa shape index (κ2) is 6.07. The summed E-state index contributed by atoms with van der Waals surface area (Å²) in [5, 5.41) is 7.27. The molecule has 1 amide bonds. The van der Waals surface area contributed by atoms with Gasteiger partial charge in [0.05, 0.1) is 10.5 Å². The highest BCUT2D eigenvalue weighted by molar-refractivity contribution is 7.89. The van der Waals surface area contributed by atoms with Gasteiger partial charge in [0, 0.05) is 6.54 Å². The summed E-state index contributed by atoms with van der Waals surface area (Å²) in [6, 6.07) is 1.16. The standard InChI is InChI=1S/C13H18F2N2O3S/c1-13(2,3)4-5-17-12(18)9-6-8(21(16,19)20)7-10(14)11(9)15/h6-7H,4-5H2,1-3H3,(H,17,18)(H2,16,19,20). The molecule has 1 aromatic carbocycles. The van der Waals surface area contributed by atoms with Crippen LogP contribution in [-0.4, -0.2) is 20.9 Å². The van der Waals surface area contributed by atoms with Gasteiger partial charge in [-0.15, -0.1) is 0 Å². The molecule has 3 N–H and O–H groups in total. The molecule has 1 aromatic rings. The van der Waals surface area contributed by atoms with E-state index in [9.17, 15) is 22.0 Å². The van der Waals surface area contributed by atoms with E-state index in [1.165, 1.54) is 0 Å². The molecule has 0 unspecified atom stereocenters. The Hall–Kier alpha value is -1.54. The molecule has 21 heavy (non-hydrogen) atoms. The van der Waals surface area contributed by atoms with Crippen LogP contribution in [0, 0.1) is 17.0 Å². The highest BCUT2D eigenvalue weighted by atomic mass is 32.2. The molecule has 0 heterocycles. The second-order valence-electron chi connectivity index (χ2n) is 5.88. The van der Waals surface area contributed by atoms with Crippen LogP contribution in [0.15, 0.2) is 17.0 Å². The van der Waals surface area contributed by atoms with E-state index >= 15 is 0 Å². The molecular weight excluding hydrogens is 302 g/mol. The van der Waals surface area contributed by atoms with Gasteiger partial charge in [0.1, 0.15) is 0 Å². The number of hydrogen-bond donors (Lipinski definition) is 2. The Morgan fingerprint density at radius 2 is 1.86 bits per heavy atom. The van der Waals surface area contributed by atoms with Gasteiger partial charge < -0.3 is 5.32 Å². The maximum absolute atomic E-state index is 13.6. The maximum atomic E-state index is 13.6. The van der Waals surface area contributed by atoms with Gasteiger partial charge in [-0.1, -0.05) is 20.8 Å². The lowest BCUT2D eigenvalue weighted by atomic mass is 9.92. The SMILES string of the molecule is CC(C)(C)CCNC(=O)c1cc(S(N)(=O)=O)cc(F)c1F. The van der Waals surface area contributed by atoms with Crippen molar-refractivity contribution in [3.8, 4) is 0 Å². The minimum atomic E-state index is -4.23. The predicted octanol–water partition coefficient (Wildman–Crippen LogP) is 1.78. The second-order valence-corrected chi connectivity index (χ2v) is 7.44. The number of primary sulfonamides is 1. The van der Waals surface area contributed by atoms with Crippen molar-refractivity contribution < 1.29 is 22.0 Å². The van der Waals surface area contributed by atoms with Crippen molar-refractivity contribution >= 4 is 15.9 Å². The van der Waals surface area contributed by atoms with Gasteiger partial charge in [0.2, 0.25) is 10.0 Å². The third-order valence-electron chi connectivity index (χ3n) is 2.74. The number of carbonyl (C=O) groups is 1.